The zero-order chi connectivity index (χ0) is 21.0. The molecule has 3 rings (SSSR count). The second kappa shape index (κ2) is 8.56. The maximum atomic E-state index is 12.4. The van der Waals surface area contributed by atoms with E-state index in [4.69, 9.17) is 0 Å². The summed E-state index contributed by atoms with van der Waals surface area (Å²) in [7, 11) is -2.03. The van der Waals surface area contributed by atoms with Gasteiger partial charge in [0.05, 0.1) is 4.90 Å². The summed E-state index contributed by atoms with van der Waals surface area (Å²) in [6, 6.07) is 10.9. The predicted molar refractivity (Wildman–Crippen MR) is 104 cm³/mol. The predicted octanol–water partition coefficient (Wildman–Crippen LogP) is 3.35. The fraction of sp³-hybridized carbons (Fsp3) is 0.263. The van der Waals surface area contributed by atoms with Gasteiger partial charge in [-0.15, -0.1) is 4.40 Å². The van der Waals surface area contributed by atoms with E-state index in [1.165, 1.54) is 48.5 Å². The summed E-state index contributed by atoms with van der Waals surface area (Å²) in [5.41, 5.74) is 0.617. The number of sulfonamides is 1. The molecular formula is C19H19F2N3O4S. The number of nitrogens with one attached hydrogen (secondary N) is 1. The van der Waals surface area contributed by atoms with Crippen molar-refractivity contribution in [2.24, 2.45) is 4.40 Å². The molecule has 1 heterocycles. The highest BCUT2D eigenvalue weighted by Crippen LogP contribution is 2.20. The van der Waals surface area contributed by atoms with E-state index in [9.17, 15) is 22.0 Å². The number of carbonyl (C=O) groups excluding carboxylic acids is 1. The van der Waals surface area contributed by atoms with E-state index in [1.54, 1.807) is 7.05 Å². The van der Waals surface area contributed by atoms with Gasteiger partial charge in [-0.05, 0) is 55.0 Å². The lowest BCUT2D eigenvalue weighted by Gasteiger charge is -2.11. The standard InChI is InChI=1S/C19H19F2N3O4S/c1-24-12-2-3-17(24)23-29(26,27)16-10-6-14(7-11-16)22-18(25)13-4-8-15(9-5-13)28-19(20)21/h4-11,19H,2-3,12H2,1H3,(H,22,25). The Kier molecular flexibility index (Phi) is 6.12. The van der Waals surface area contributed by atoms with Crippen LogP contribution in [-0.2, 0) is 10.0 Å². The average Bonchev–Trinajstić information content (AvgIpc) is 3.06. The minimum absolute atomic E-state index is 0.0248. The maximum absolute atomic E-state index is 12.4. The van der Waals surface area contributed by atoms with E-state index in [1.807, 2.05) is 4.90 Å². The first-order valence-electron chi connectivity index (χ1n) is 8.76. The minimum Gasteiger partial charge on any atom is -0.435 e. The van der Waals surface area contributed by atoms with Gasteiger partial charge < -0.3 is 15.0 Å². The first-order valence-corrected chi connectivity index (χ1v) is 10.2. The highest BCUT2D eigenvalue weighted by atomic mass is 32.2. The van der Waals surface area contributed by atoms with Gasteiger partial charge in [-0.3, -0.25) is 4.79 Å². The van der Waals surface area contributed by atoms with Crippen molar-refractivity contribution in [2.45, 2.75) is 24.3 Å². The molecule has 0 aromatic heterocycles. The number of hydrogen-bond donors (Lipinski definition) is 1. The molecule has 29 heavy (non-hydrogen) atoms. The van der Waals surface area contributed by atoms with Crippen LogP contribution in [0.2, 0.25) is 0 Å². The van der Waals surface area contributed by atoms with Gasteiger partial charge in [0.25, 0.3) is 15.9 Å². The first kappa shape index (κ1) is 20.7. The van der Waals surface area contributed by atoms with Crippen LogP contribution in [0.25, 0.3) is 0 Å². The third-order valence-electron chi connectivity index (χ3n) is 4.31. The Bertz CT molecular complexity index is 1010. The van der Waals surface area contributed by atoms with Gasteiger partial charge in [0, 0.05) is 31.3 Å². The number of amides is 1. The largest absolute Gasteiger partial charge is 0.435 e. The molecule has 2 aromatic rings. The van der Waals surface area contributed by atoms with Crippen LogP contribution in [0.4, 0.5) is 14.5 Å². The van der Waals surface area contributed by atoms with Gasteiger partial charge >= 0.3 is 6.61 Å². The van der Waals surface area contributed by atoms with Gasteiger partial charge in [0.2, 0.25) is 0 Å². The van der Waals surface area contributed by atoms with Crippen LogP contribution in [-0.4, -0.2) is 45.3 Å². The molecule has 154 valence electrons. The molecule has 0 unspecified atom stereocenters. The van der Waals surface area contributed by atoms with E-state index in [2.05, 4.69) is 14.5 Å². The van der Waals surface area contributed by atoms with E-state index in [0.717, 1.165) is 13.0 Å². The summed E-state index contributed by atoms with van der Waals surface area (Å²) in [6.45, 7) is -2.17. The van der Waals surface area contributed by atoms with Crippen molar-refractivity contribution in [2.75, 3.05) is 18.9 Å². The Morgan fingerprint density at radius 2 is 1.79 bits per heavy atom. The summed E-state index contributed by atoms with van der Waals surface area (Å²) in [5, 5.41) is 2.61. The Morgan fingerprint density at radius 1 is 1.14 bits per heavy atom. The van der Waals surface area contributed by atoms with Crippen molar-refractivity contribution in [1.82, 2.24) is 4.90 Å². The number of likely N-dealkylation sites (tertiary alicyclic amines) is 1. The Labute approximate surface area is 167 Å². The second-order valence-electron chi connectivity index (χ2n) is 6.39. The number of amidine groups is 1. The lowest BCUT2D eigenvalue weighted by atomic mass is 10.2. The molecule has 1 N–H and O–H groups in total. The smallest absolute Gasteiger partial charge is 0.387 e. The Hall–Kier alpha value is -3.01. The van der Waals surface area contributed by atoms with Crippen LogP contribution in [0.3, 0.4) is 0 Å². The van der Waals surface area contributed by atoms with Gasteiger partial charge in [-0.25, -0.2) is 0 Å². The molecule has 0 spiro atoms. The highest BCUT2D eigenvalue weighted by Gasteiger charge is 2.20. The zero-order valence-electron chi connectivity index (χ0n) is 15.5. The van der Waals surface area contributed by atoms with Crippen molar-refractivity contribution in [3.8, 4) is 5.75 Å². The van der Waals surface area contributed by atoms with E-state index in [0.29, 0.717) is 17.9 Å². The fourth-order valence-corrected chi connectivity index (χ4v) is 3.90. The molecule has 0 saturated carbocycles. The summed E-state index contributed by atoms with van der Waals surface area (Å²) >= 11 is 0. The van der Waals surface area contributed by atoms with Crippen LogP contribution in [0.1, 0.15) is 23.2 Å². The second-order valence-corrected chi connectivity index (χ2v) is 7.99. The molecule has 2 aromatic carbocycles. The summed E-state index contributed by atoms with van der Waals surface area (Å²) in [4.78, 5) is 14.1. The number of anilines is 1. The maximum Gasteiger partial charge on any atom is 0.387 e. The topological polar surface area (TPSA) is 88.1 Å². The summed E-state index contributed by atoms with van der Waals surface area (Å²) < 4.78 is 57.3. The van der Waals surface area contributed by atoms with Crippen molar-refractivity contribution in [3.05, 3.63) is 54.1 Å². The fourth-order valence-electron chi connectivity index (χ4n) is 2.80. The number of rotatable bonds is 6. The summed E-state index contributed by atoms with van der Waals surface area (Å²) in [6.07, 6.45) is 1.48. The molecule has 0 aliphatic carbocycles. The Morgan fingerprint density at radius 3 is 2.34 bits per heavy atom. The quantitative estimate of drug-likeness (QED) is 0.770. The number of carbonyl (C=O) groups is 1. The van der Waals surface area contributed by atoms with Gasteiger partial charge in [-0.2, -0.15) is 17.2 Å². The van der Waals surface area contributed by atoms with Crippen molar-refractivity contribution in [1.29, 1.82) is 0 Å². The van der Waals surface area contributed by atoms with Crippen LogP contribution in [0.5, 0.6) is 5.75 Å². The number of nitrogens with zero attached hydrogens (tertiary/aromatic N) is 2. The van der Waals surface area contributed by atoms with Gasteiger partial charge in [0.1, 0.15) is 11.6 Å². The monoisotopic (exact) mass is 423 g/mol. The number of alkyl halides is 2. The molecule has 0 radical (unpaired) electrons. The molecule has 1 aliphatic rings. The van der Waals surface area contributed by atoms with Crippen molar-refractivity contribution < 1.29 is 26.7 Å². The molecule has 0 bridgehead atoms. The normalized spacial score (nSPS) is 15.7. The number of benzene rings is 2. The van der Waals surface area contributed by atoms with Gasteiger partial charge in [-0.1, -0.05) is 0 Å². The van der Waals surface area contributed by atoms with E-state index in [-0.39, 0.29) is 16.2 Å². The minimum atomic E-state index is -3.83. The molecule has 0 atom stereocenters. The molecule has 1 saturated heterocycles. The lowest BCUT2D eigenvalue weighted by molar-refractivity contribution is -0.0498. The first-order chi connectivity index (χ1) is 13.7. The molecule has 1 amide bonds. The highest BCUT2D eigenvalue weighted by molar-refractivity contribution is 7.90. The Balaban J connectivity index is 1.68. The van der Waals surface area contributed by atoms with Crippen LogP contribution < -0.4 is 10.1 Å². The van der Waals surface area contributed by atoms with E-state index >= 15 is 0 Å². The van der Waals surface area contributed by atoms with Gasteiger partial charge in [0.15, 0.2) is 0 Å². The summed E-state index contributed by atoms with van der Waals surface area (Å²) in [5.74, 6) is -0.000637. The average molecular weight is 423 g/mol. The molecular weight excluding hydrogens is 404 g/mol. The van der Waals surface area contributed by atoms with Crippen LogP contribution in [0.15, 0.2) is 57.8 Å². The van der Waals surface area contributed by atoms with Crippen molar-refractivity contribution in [3.63, 3.8) is 0 Å². The number of ether oxygens (including phenoxy) is 1. The third kappa shape index (κ3) is 5.29. The molecule has 7 nitrogen and oxygen atoms in total. The lowest BCUT2D eigenvalue weighted by Crippen LogP contribution is -2.20. The molecule has 1 aliphatic heterocycles. The molecule has 1 fully saturated rings. The SMILES string of the molecule is CN1CCCC1=NS(=O)(=O)c1ccc(NC(=O)c2ccc(OC(F)F)cc2)cc1. The third-order valence-corrected chi connectivity index (χ3v) is 5.63. The van der Waals surface area contributed by atoms with Crippen molar-refractivity contribution >= 4 is 27.5 Å². The van der Waals surface area contributed by atoms with Crippen LogP contribution in [0, 0.1) is 0 Å². The zero-order valence-corrected chi connectivity index (χ0v) is 16.3. The molecule has 10 heteroatoms. The van der Waals surface area contributed by atoms with Crippen LogP contribution >= 0.6 is 0 Å². The van der Waals surface area contributed by atoms with E-state index < -0.39 is 22.5 Å². The number of halogens is 2. The number of hydrogen-bond acceptors (Lipinski definition) is 4.